The molecule has 2 aromatic rings. The molecule has 1 aromatic heterocycles. The molecular weight excluding hydrogens is 338 g/mol. The summed E-state index contributed by atoms with van der Waals surface area (Å²) in [6.45, 7) is 1.86. The van der Waals surface area contributed by atoms with E-state index in [1.54, 1.807) is 12.1 Å². The highest BCUT2D eigenvalue weighted by atomic mass is 79.9. The summed E-state index contributed by atoms with van der Waals surface area (Å²) in [5, 5.41) is 11.7. The van der Waals surface area contributed by atoms with E-state index < -0.39 is 17.9 Å². The third-order valence-electron chi connectivity index (χ3n) is 2.89. The lowest BCUT2D eigenvalue weighted by molar-refractivity contribution is -0.139. The van der Waals surface area contributed by atoms with Gasteiger partial charge in [-0.2, -0.15) is 0 Å². The Hall–Kier alpha value is -2.15. The van der Waals surface area contributed by atoms with Crippen LogP contribution in [0.4, 0.5) is 0 Å². The number of benzene rings is 1. The summed E-state index contributed by atoms with van der Waals surface area (Å²) < 4.78 is 0.771. The van der Waals surface area contributed by atoms with Crippen molar-refractivity contribution < 1.29 is 14.7 Å². The Balaban J connectivity index is 2.12. The van der Waals surface area contributed by atoms with Crippen molar-refractivity contribution in [1.29, 1.82) is 0 Å². The van der Waals surface area contributed by atoms with Gasteiger partial charge in [-0.3, -0.25) is 4.79 Å². The monoisotopic (exact) mass is 351 g/mol. The summed E-state index contributed by atoms with van der Waals surface area (Å²) in [6.07, 6.45) is 3.15. The van der Waals surface area contributed by atoms with Gasteiger partial charge in [-0.1, -0.05) is 15.9 Å². The molecule has 1 atom stereocenters. The number of carboxylic acid groups (broad SMARTS) is 1. The summed E-state index contributed by atoms with van der Waals surface area (Å²) in [5.74, 6) is -1.52. The van der Waals surface area contributed by atoms with Crippen LogP contribution in [-0.2, 0) is 11.2 Å². The number of halogens is 1. The molecule has 1 aromatic carbocycles. The second-order valence-electron chi connectivity index (χ2n) is 4.66. The SMILES string of the molecule is Cc1cc(Br)cc(C(=O)NC(Cc2cnc[nH]2)C(=O)O)c1. The molecule has 1 unspecified atom stereocenters. The van der Waals surface area contributed by atoms with Gasteiger partial charge in [0, 0.05) is 28.3 Å². The Morgan fingerprint density at radius 1 is 1.43 bits per heavy atom. The molecule has 0 saturated heterocycles. The standard InChI is InChI=1S/C14H14BrN3O3/c1-8-2-9(4-10(15)3-8)13(19)18-12(14(20)21)5-11-6-16-7-17-11/h2-4,6-7,12H,5H2,1H3,(H,16,17)(H,18,19)(H,20,21). The van der Waals surface area contributed by atoms with E-state index in [9.17, 15) is 14.7 Å². The van der Waals surface area contributed by atoms with E-state index in [0.29, 0.717) is 11.3 Å². The number of nitrogens with one attached hydrogen (secondary N) is 2. The highest BCUT2D eigenvalue weighted by Crippen LogP contribution is 2.15. The number of hydrogen-bond donors (Lipinski definition) is 3. The number of carboxylic acids is 1. The van der Waals surface area contributed by atoms with Crippen LogP contribution in [0.5, 0.6) is 0 Å². The molecule has 0 aliphatic heterocycles. The predicted octanol–water partition coefficient (Wildman–Crippen LogP) is 1.91. The highest BCUT2D eigenvalue weighted by molar-refractivity contribution is 9.10. The van der Waals surface area contributed by atoms with Gasteiger partial charge in [0.2, 0.25) is 0 Å². The number of carbonyl (C=O) groups excluding carboxylic acids is 1. The summed E-state index contributed by atoms with van der Waals surface area (Å²) in [6, 6.07) is 4.21. The first-order valence-corrected chi connectivity index (χ1v) is 7.03. The molecule has 1 heterocycles. The third-order valence-corrected chi connectivity index (χ3v) is 3.34. The maximum absolute atomic E-state index is 12.2. The minimum Gasteiger partial charge on any atom is -0.480 e. The highest BCUT2D eigenvalue weighted by Gasteiger charge is 2.22. The number of nitrogens with zero attached hydrogens (tertiary/aromatic N) is 1. The van der Waals surface area contributed by atoms with E-state index in [2.05, 4.69) is 31.2 Å². The van der Waals surface area contributed by atoms with Crippen LogP contribution in [0.1, 0.15) is 21.6 Å². The number of amides is 1. The molecule has 0 aliphatic rings. The van der Waals surface area contributed by atoms with E-state index in [4.69, 9.17) is 0 Å². The van der Waals surface area contributed by atoms with Crippen LogP contribution >= 0.6 is 15.9 Å². The van der Waals surface area contributed by atoms with Crippen LogP contribution in [-0.4, -0.2) is 33.0 Å². The van der Waals surface area contributed by atoms with Crippen molar-refractivity contribution in [2.75, 3.05) is 0 Å². The summed E-state index contributed by atoms with van der Waals surface area (Å²) >= 11 is 3.32. The number of aromatic amines is 1. The van der Waals surface area contributed by atoms with E-state index >= 15 is 0 Å². The Kier molecular flexibility index (Phi) is 4.74. The van der Waals surface area contributed by atoms with Gasteiger partial charge >= 0.3 is 5.97 Å². The van der Waals surface area contributed by atoms with Crippen LogP contribution in [0.15, 0.2) is 35.2 Å². The quantitative estimate of drug-likeness (QED) is 0.766. The van der Waals surface area contributed by atoms with Gasteiger partial charge in [0.05, 0.1) is 6.33 Å². The number of aryl methyl sites for hydroxylation is 1. The molecule has 6 nitrogen and oxygen atoms in total. The second-order valence-corrected chi connectivity index (χ2v) is 5.58. The number of aliphatic carboxylic acids is 1. The van der Waals surface area contributed by atoms with Crippen molar-refractivity contribution in [2.45, 2.75) is 19.4 Å². The van der Waals surface area contributed by atoms with Crippen molar-refractivity contribution in [3.8, 4) is 0 Å². The van der Waals surface area contributed by atoms with Crippen molar-refractivity contribution >= 4 is 27.8 Å². The lowest BCUT2D eigenvalue weighted by atomic mass is 10.1. The van der Waals surface area contributed by atoms with E-state index in [1.807, 2.05) is 13.0 Å². The fraction of sp³-hybridized carbons (Fsp3) is 0.214. The lowest BCUT2D eigenvalue weighted by Crippen LogP contribution is -2.42. The fourth-order valence-electron chi connectivity index (χ4n) is 1.93. The van der Waals surface area contributed by atoms with Crippen LogP contribution in [0.25, 0.3) is 0 Å². The Morgan fingerprint density at radius 2 is 2.19 bits per heavy atom. The molecule has 2 rings (SSSR count). The third kappa shape index (κ3) is 4.16. The Morgan fingerprint density at radius 3 is 2.76 bits per heavy atom. The smallest absolute Gasteiger partial charge is 0.326 e. The van der Waals surface area contributed by atoms with Gasteiger partial charge < -0.3 is 15.4 Å². The zero-order valence-electron chi connectivity index (χ0n) is 11.3. The molecule has 110 valence electrons. The van der Waals surface area contributed by atoms with Gasteiger partial charge in [0.25, 0.3) is 5.91 Å². The molecule has 0 bridgehead atoms. The number of aromatic nitrogens is 2. The maximum Gasteiger partial charge on any atom is 0.326 e. The van der Waals surface area contributed by atoms with Crippen LogP contribution in [0, 0.1) is 6.92 Å². The maximum atomic E-state index is 12.2. The van der Waals surface area contributed by atoms with Crippen molar-refractivity contribution in [2.24, 2.45) is 0 Å². The van der Waals surface area contributed by atoms with Gasteiger partial charge in [-0.15, -0.1) is 0 Å². The average Bonchev–Trinajstić information content (AvgIpc) is 2.89. The topological polar surface area (TPSA) is 95.1 Å². The predicted molar refractivity (Wildman–Crippen MR) is 80.1 cm³/mol. The minimum atomic E-state index is -1.09. The lowest BCUT2D eigenvalue weighted by Gasteiger charge is -2.14. The molecule has 0 aliphatic carbocycles. The van der Waals surface area contributed by atoms with Crippen LogP contribution in [0.3, 0.4) is 0 Å². The molecule has 3 N–H and O–H groups in total. The van der Waals surface area contributed by atoms with Crippen molar-refractivity contribution in [1.82, 2.24) is 15.3 Å². The molecule has 0 saturated carbocycles. The zero-order valence-corrected chi connectivity index (χ0v) is 12.8. The number of rotatable bonds is 5. The van der Waals surface area contributed by atoms with Gasteiger partial charge in [0.1, 0.15) is 6.04 Å². The second kappa shape index (κ2) is 6.53. The van der Waals surface area contributed by atoms with E-state index in [1.165, 1.54) is 12.5 Å². The van der Waals surface area contributed by atoms with E-state index in [0.717, 1.165) is 10.0 Å². The molecule has 0 radical (unpaired) electrons. The number of carbonyl (C=O) groups is 2. The fourth-order valence-corrected chi connectivity index (χ4v) is 2.53. The van der Waals surface area contributed by atoms with Crippen molar-refractivity contribution in [3.05, 3.63) is 52.0 Å². The average molecular weight is 352 g/mol. The van der Waals surface area contributed by atoms with Gasteiger partial charge in [-0.05, 0) is 30.7 Å². The summed E-state index contributed by atoms with van der Waals surface area (Å²) in [4.78, 5) is 30.1. The summed E-state index contributed by atoms with van der Waals surface area (Å²) in [5.41, 5.74) is 1.97. The summed E-state index contributed by atoms with van der Waals surface area (Å²) in [7, 11) is 0. The normalized spacial score (nSPS) is 11.9. The molecule has 7 heteroatoms. The first kappa shape index (κ1) is 15.2. The number of hydrogen-bond acceptors (Lipinski definition) is 3. The first-order chi connectivity index (χ1) is 9.95. The first-order valence-electron chi connectivity index (χ1n) is 6.24. The van der Waals surface area contributed by atoms with Gasteiger partial charge in [-0.25, -0.2) is 9.78 Å². The Bertz CT molecular complexity index is 635. The van der Waals surface area contributed by atoms with Crippen molar-refractivity contribution in [3.63, 3.8) is 0 Å². The van der Waals surface area contributed by atoms with Crippen LogP contribution < -0.4 is 5.32 Å². The zero-order chi connectivity index (χ0) is 15.4. The number of H-pyrrole nitrogens is 1. The molecule has 0 fully saturated rings. The number of imidazole rings is 1. The molecule has 21 heavy (non-hydrogen) atoms. The minimum absolute atomic E-state index is 0.147. The molecule has 1 amide bonds. The van der Waals surface area contributed by atoms with E-state index in [-0.39, 0.29) is 6.42 Å². The molecular formula is C14H14BrN3O3. The Labute approximate surface area is 129 Å². The van der Waals surface area contributed by atoms with Crippen LogP contribution in [0.2, 0.25) is 0 Å². The van der Waals surface area contributed by atoms with Gasteiger partial charge in [0.15, 0.2) is 0 Å². The molecule has 0 spiro atoms. The largest absolute Gasteiger partial charge is 0.480 e.